The van der Waals surface area contributed by atoms with Crippen LogP contribution in [0.2, 0.25) is 0 Å². The fourth-order valence-corrected chi connectivity index (χ4v) is 3.01. The van der Waals surface area contributed by atoms with E-state index < -0.39 is 5.82 Å². The van der Waals surface area contributed by atoms with E-state index in [9.17, 15) is 4.39 Å². The lowest BCUT2D eigenvalue weighted by Crippen LogP contribution is -2.04. The number of nitrogen functional groups attached to an aromatic ring is 2. The lowest BCUT2D eigenvalue weighted by molar-refractivity contribution is 0.629. The number of benzene rings is 1. The maximum Gasteiger partial charge on any atom is 0.222 e. The Hall–Kier alpha value is -3.62. The van der Waals surface area contributed by atoms with Gasteiger partial charge in [-0.3, -0.25) is 0 Å². The molecule has 3 heterocycles. The topological polar surface area (TPSA) is 121 Å². The first kappa shape index (κ1) is 16.8. The highest BCUT2D eigenvalue weighted by Crippen LogP contribution is 2.31. The molecule has 8 nitrogen and oxygen atoms in total. The zero-order valence-electron chi connectivity index (χ0n) is 14.8. The van der Waals surface area contributed by atoms with E-state index in [4.69, 9.17) is 11.5 Å². The number of nitrogens with two attached hydrogens (primary N) is 2. The predicted molar refractivity (Wildman–Crippen MR) is 101 cm³/mol. The van der Waals surface area contributed by atoms with Crippen molar-refractivity contribution in [1.82, 2.24) is 29.5 Å². The molecule has 0 amide bonds. The normalized spacial score (nSPS) is 11.2. The number of hydrogen-bond donors (Lipinski definition) is 2. The molecule has 136 valence electrons. The number of anilines is 2. The summed E-state index contributed by atoms with van der Waals surface area (Å²) in [4.78, 5) is 21.4. The average Bonchev–Trinajstić information content (AvgIpc) is 2.99. The molecule has 4 rings (SSSR count). The standard InChI is InChI=1S/C18H17FN8/c1-3-27-15(12-6-7-22-17(20)23-12)24-14-13(25-18(21)26-16(14)27)10-5-4-9(2)8-11(10)19/h4-8H,3H2,1-2H3,(H2,20,22,23)(H2,21,25,26). The van der Waals surface area contributed by atoms with Crippen molar-refractivity contribution in [2.75, 3.05) is 11.5 Å². The number of imidazole rings is 1. The van der Waals surface area contributed by atoms with Crippen LogP contribution < -0.4 is 11.5 Å². The molecular weight excluding hydrogens is 347 g/mol. The number of halogens is 1. The van der Waals surface area contributed by atoms with Crippen LogP contribution >= 0.6 is 0 Å². The summed E-state index contributed by atoms with van der Waals surface area (Å²) in [7, 11) is 0. The molecule has 0 spiro atoms. The van der Waals surface area contributed by atoms with E-state index in [2.05, 4.69) is 24.9 Å². The monoisotopic (exact) mass is 364 g/mol. The van der Waals surface area contributed by atoms with Crippen LogP contribution in [0.5, 0.6) is 0 Å². The smallest absolute Gasteiger partial charge is 0.222 e. The number of nitrogens with zero attached hydrogens (tertiary/aromatic N) is 6. The van der Waals surface area contributed by atoms with Crippen molar-refractivity contribution in [1.29, 1.82) is 0 Å². The summed E-state index contributed by atoms with van der Waals surface area (Å²) < 4.78 is 16.4. The van der Waals surface area contributed by atoms with Crippen LogP contribution in [0, 0.1) is 12.7 Å². The minimum Gasteiger partial charge on any atom is -0.368 e. The summed E-state index contributed by atoms with van der Waals surface area (Å²) in [5, 5.41) is 0. The third kappa shape index (κ3) is 2.82. The highest BCUT2D eigenvalue weighted by molar-refractivity contribution is 5.90. The zero-order valence-corrected chi connectivity index (χ0v) is 14.8. The van der Waals surface area contributed by atoms with Gasteiger partial charge in [-0.25, -0.2) is 24.3 Å². The molecular formula is C18H17FN8. The van der Waals surface area contributed by atoms with Crippen LogP contribution in [-0.4, -0.2) is 29.5 Å². The second kappa shape index (κ2) is 6.27. The minimum atomic E-state index is -0.395. The van der Waals surface area contributed by atoms with Crippen molar-refractivity contribution >= 4 is 23.1 Å². The van der Waals surface area contributed by atoms with Crippen molar-refractivity contribution in [2.45, 2.75) is 20.4 Å². The Morgan fingerprint density at radius 3 is 2.56 bits per heavy atom. The Bertz CT molecular complexity index is 1170. The van der Waals surface area contributed by atoms with Gasteiger partial charge in [-0.15, -0.1) is 0 Å². The summed E-state index contributed by atoms with van der Waals surface area (Å²) in [5.74, 6) is 0.321. The number of aromatic nitrogens is 6. The fourth-order valence-electron chi connectivity index (χ4n) is 3.01. The third-order valence-corrected chi connectivity index (χ3v) is 4.21. The molecule has 4 aromatic rings. The van der Waals surface area contributed by atoms with Crippen molar-refractivity contribution in [2.24, 2.45) is 0 Å². The summed E-state index contributed by atoms with van der Waals surface area (Å²) in [6.45, 7) is 4.32. The van der Waals surface area contributed by atoms with Gasteiger partial charge in [-0.1, -0.05) is 6.07 Å². The Labute approximate surface area is 154 Å². The molecule has 3 aromatic heterocycles. The van der Waals surface area contributed by atoms with Crippen LogP contribution in [0.1, 0.15) is 12.5 Å². The van der Waals surface area contributed by atoms with Gasteiger partial charge in [-0.2, -0.15) is 4.98 Å². The second-order valence-electron chi connectivity index (χ2n) is 6.07. The quantitative estimate of drug-likeness (QED) is 0.573. The van der Waals surface area contributed by atoms with E-state index in [-0.39, 0.29) is 11.9 Å². The van der Waals surface area contributed by atoms with E-state index in [1.54, 1.807) is 18.3 Å². The van der Waals surface area contributed by atoms with Crippen LogP contribution in [0.3, 0.4) is 0 Å². The van der Waals surface area contributed by atoms with Gasteiger partial charge >= 0.3 is 0 Å². The maximum absolute atomic E-state index is 14.6. The van der Waals surface area contributed by atoms with Crippen LogP contribution in [0.4, 0.5) is 16.3 Å². The van der Waals surface area contributed by atoms with Gasteiger partial charge in [0.25, 0.3) is 0 Å². The number of hydrogen-bond acceptors (Lipinski definition) is 7. The summed E-state index contributed by atoms with van der Waals surface area (Å²) >= 11 is 0. The van der Waals surface area contributed by atoms with Crippen LogP contribution in [0.25, 0.3) is 33.9 Å². The van der Waals surface area contributed by atoms with E-state index in [1.165, 1.54) is 6.07 Å². The Morgan fingerprint density at radius 2 is 1.85 bits per heavy atom. The summed E-state index contributed by atoms with van der Waals surface area (Å²) in [5.41, 5.74) is 14.6. The van der Waals surface area contributed by atoms with E-state index in [0.29, 0.717) is 40.5 Å². The maximum atomic E-state index is 14.6. The van der Waals surface area contributed by atoms with E-state index in [0.717, 1.165) is 5.56 Å². The first-order chi connectivity index (χ1) is 13.0. The Morgan fingerprint density at radius 1 is 1.04 bits per heavy atom. The molecule has 4 N–H and O–H groups in total. The molecule has 9 heteroatoms. The van der Waals surface area contributed by atoms with E-state index >= 15 is 0 Å². The van der Waals surface area contributed by atoms with Gasteiger partial charge < -0.3 is 16.0 Å². The molecule has 0 aliphatic heterocycles. The fraction of sp³-hybridized carbons (Fsp3) is 0.167. The molecule has 0 bridgehead atoms. The molecule has 0 radical (unpaired) electrons. The Balaban J connectivity index is 2.04. The SMILES string of the molecule is CCn1c(-c2ccnc(N)n2)nc2c(-c3ccc(C)cc3F)nc(N)nc21. The minimum absolute atomic E-state index is 0.0424. The molecule has 27 heavy (non-hydrogen) atoms. The first-order valence-electron chi connectivity index (χ1n) is 8.37. The van der Waals surface area contributed by atoms with Gasteiger partial charge in [0.15, 0.2) is 11.5 Å². The Kier molecular flexibility index (Phi) is 3.91. The van der Waals surface area contributed by atoms with Crippen LogP contribution in [-0.2, 0) is 6.54 Å². The predicted octanol–water partition coefficient (Wildman–Crippen LogP) is 2.58. The molecule has 0 saturated carbocycles. The zero-order chi connectivity index (χ0) is 19.1. The number of fused-ring (bicyclic) bond motifs is 1. The van der Waals surface area contributed by atoms with Gasteiger partial charge in [0, 0.05) is 18.3 Å². The van der Waals surface area contributed by atoms with E-state index in [1.807, 2.05) is 24.5 Å². The van der Waals surface area contributed by atoms with Crippen molar-refractivity contribution in [3.05, 3.63) is 41.8 Å². The summed E-state index contributed by atoms with van der Waals surface area (Å²) in [6, 6.07) is 6.62. The number of rotatable bonds is 3. The molecule has 0 unspecified atom stereocenters. The molecule has 1 aromatic carbocycles. The summed E-state index contributed by atoms with van der Waals surface area (Å²) in [6.07, 6.45) is 1.55. The third-order valence-electron chi connectivity index (χ3n) is 4.21. The van der Waals surface area contributed by atoms with Gasteiger partial charge in [-0.05, 0) is 37.6 Å². The molecule has 0 atom stereocenters. The molecule has 0 aliphatic carbocycles. The van der Waals surface area contributed by atoms with Crippen LogP contribution in [0.15, 0.2) is 30.5 Å². The van der Waals surface area contributed by atoms with Crippen molar-refractivity contribution < 1.29 is 4.39 Å². The number of aryl methyl sites for hydroxylation is 2. The van der Waals surface area contributed by atoms with Gasteiger partial charge in [0.1, 0.15) is 22.7 Å². The van der Waals surface area contributed by atoms with Gasteiger partial charge in [0.05, 0.1) is 0 Å². The highest BCUT2D eigenvalue weighted by atomic mass is 19.1. The lowest BCUT2D eigenvalue weighted by atomic mass is 10.1. The highest BCUT2D eigenvalue weighted by Gasteiger charge is 2.21. The molecule has 0 fully saturated rings. The lowest BCUT2D eigenvalue weighted by Gasteiger charge is -2.07. The first-order valence-corrected chi connectivity index (χ1v) is 8.37. The second-order valence-corrected chi connectivity index (χ2v) is 6.07. The molecule has 0 saturated heterocycles. The largest absolute Gasteiger partial charge is 0.368 e. The molecule has 0 aliphatic rings. The average molecular weight is 364 g/mol. The van der Waals surface area contributed by atoms with Crippen molar-refractivity contribution in [3.8, 4) is 22.8 Å². The van der Waals surface area contributed by atoms with Gasteiger partial charge in [0.2, 0.25) is 11.9 Å². The van der Waals surface area contributed by atoms with Crippen molar-refractivity contribution in [3.63, 3.8) is 0 Å².